The van der Waals surface area contributed by atoms with E-state index in [1.807, 2.05) is 24.3 Å². The van der Waals surface area contributed by atoms with Gasteiger partial charge in [0.2, 0.25) is 0 Å². The molecule has 0 aliphatic rings. The van der Waals surface area contributed by atoms with Crippen molar-refractivity contribution in [1.29, 1.82) is 0 Å². The minimum Gasteiger partial charge on any atom is -0.332 e. The van der Waals surface area contributed by atoms with Crippen molar-refractivity contribution in [3.63, 3.8) is 0 Å². The van der Waals surface area contributed by atoms with E-state index in [2.05, 4.69) is 17.6 Å². The summed E-state index contributed by atoms with van der Waals surface area (Å²) < 4.78 is 0. The lowest BCUT2D eigenvalue weighted by Crippen LogP contribution is -2.18. The molecule has 0 fully saturated rings. The van der Waals surface area contributed by atoms with E-state index < -0.39 is 4.92 Å². The average Bonchev–Trinajstić information content (AvgIpc) is 2.48. The number of thiocarbonyl (C=S) groups is 1. The van der Waals surface area contributed by atoms with Gasteiger partial charge in [-0.2, -0.15) is 0 Å². The van der Waals surface area contributed by atoms with Gasteiger partial charge in [0, 0.05) is 23.5 Å². The van der Waals surface area contributed by atoms with Crippen molar-refractivity contribution in [1.82, 2.24) is 0 Å². The largest absolute Gasteiger partial charge is 0.332 e. The van der Waals surface area contributed by atoms with Crippen LogP contribution in [0.5, 0.6) is 0 Å². The highest BCUT2D eigenvalue weighted by Gasteiger charge is 2.05. The Hall–Kier alpha value is -2.47. The summed E-state index contributed by atoms with van der Waals surface area (Å²) in [6, 6.07) is 14.1. The Morgan fingerprint density at radius 1 is 1.05 bits per heavy atom. The van der Waals surface area contributed by atoms with Crippen LogP contribution in [0.25, 0.3) is 0 Å². The number of nitro benzene ring substituents is 1. The number of non-ortho nitro benzene ring substituents is 1. The van der Waals surface area contributed by atoms with Gasteiger partial charge in [0.25, 0.3) is 5.69 Å². The van der Waals surface area contributed by atoms with Crippen LogP contribution in [0.1, 0.15) is 12.5 Å². The first kappa shape index (κ1) is 14.9. The monoisotopic (exact) mass is 301 g/mol. The summed E-state index contributed by atoms with van der Waals surface area (Å²) in [6.07, 6.45) is 0.992. The van der Waals surface area contributed by atoms with Crippen LogP contribution in [0, 0.1) is 10.1 Å². The molecule has 2 N–H and O–H groups in total. The molecule has 0 aromatic heterocycles. The molecular weight excluding hydrogens is 286 g/mol. The lowest BCUT2D eigenvalue weighted by atomic mass is 10.1. The molecular formula is C15H15N3O2S. The molecule has 0 saturated carbocycles. The number of hydrogen-bond acceptors (Lipinski definition) is 3. The Morgan fingerprint density at radius 2 is 1.52 bits per heavy atom. The molecule has 2 aromatic rings. The normalized spacial score (nSPS) is 9.95. The molecule has 0 saturated heterocycles. The highest BCUT2D eigenvalue weighted by atomic mass is 32.1. The molecule has 0 atom stereocenters. The number of nitrogens with one attached hydrogen (secondary N) is 2. The van der Waals surface area contributed by atoms with Crippen molar-refractivity contribution < 1.29 is 4.92 Å². The first-order chi connectivity index (χ1) is 10.1. The van der Waals surface area contributed by atoms with Gasteiger partial charge in [0.05, 0.1) is 4.92 Å². The number of rotatable bonds is 4. The first-order valence-corrected chi connectivity index (χ1v) is 6.90. The standard InChI is InChI=1S/C15H15N3O2S/c1-2-11-3-5-12(6-4-11)16-15(21)17-13-7-9-14(10-8-13)18(19)20/h3-10H,2H2,1H3,(H2,16,17,21). The number of benzene rings is 2. The molecule has 0 aliphatic heterocycles. The van der Waals surface area contributed by atoms with Crippen molar-refractivity contribution in [2.75, 3.05) is 10.6 Å². The number of nitro groups is 1. The number of hydrogen-bond donors (Lipinski definition) is 2. The summed E-state index contributed by atoms with van der Waals surface area (Å²) in [5, 5.41) is 17.1. The molecule has 2 aromatic carbocycles. The van der Waals surface area contributed by atoms with Gasteiger partial charge >= 0.3 is 0 Å². The Morgan fingerprint density at radius 3 is 1.95 bits per heavy atom. The van der Waals surface area contributed by atoms with Gasteiger partial charge in [-0.25, -0.2) is 0 Å². The van der Waals surface area contributed by atoms with Gasteiger partial charge in [-0.15, -0.1) is 0 Å². The SMILES string of the molecule is CCc1ccc(NC(=S)Nc2ccc([N+](=O)[O-])cc2)cc1. The van der Waals surface area contributed by atoms with E-state index >= 15 is 0 Å². The lowest BCUT2D eigenvalue weighted by Gasteiger charge is -2.10. The minimum atomic E-state index is -0.435. The third-order valence-corrected chi connectivity index (χ3v) is 3.16. The maximum Gasteiger partial charge on any atom is 0.269 e. The Bertz CT molecular complexity index is 639. The van der Waals surface area contributed by atoms with Gasteiger partial charge in [0.15, 0.2) is 5.11 Å². The molecule has 0 radical (unpaired) electrons. The predicted octanol–water partition coefficient (Wildman–Crippen LogP) is 3.97. The zero-order chi connectivity index (χ0) is 15.2. The summed E-state index contributed by atoms with van der Waals surface area (Å²) in [4.78, 5) is 10.1. The van der Waals surface area contributed by atoms with Crippen LogP contribution in [0.15, 0.2) is 48.5 Å². The van der Waals surface area contributed by atoms with Crippen LogP contribution < -0.4 is 10.6 Å². The van der Waals surface area contributed by atoms with Gasteiger partial charge in [-0.1, -0.05) is 19.1 Å². The van der Waals surface area contributed by atoms with Gasteiger partial charge in [0.1, 0.15) is 0 Å². The smallest absolute Gasteiger partial charge is 0.269 e. The zero-order valence-electron chi connectivity index (χ0n) is 11.5. The second-order valence-electron chi connectivity index (χ2n) is 4.43. The molecule has 6 heteroatoms. The fourth-order valence-corrected chi connectivity index (χ4v) is 2.02. The van der Waals surface area contributed by atoms with Crippen LogP contribution in [-0.2, 0) is 6.42 Å². The molecule has 108 valence electrons. The zero-order valence-corrected chi connectivity index (χ0v) is 12.3. The molecule has 5 nitrogen and oxygen atoms in total. The maximum absolute atomic E-state index is 10.6. The third-order valence-electron chi connectivity index (χ3n) is 2.96. The van der Waals surface area contributed by atoms with Crippen LogP contribution in [0.4, 0.5) is 17.1 Å². The summed E-state index contributed by atoms with van der Waals surface area (Å²) in [5.74, 6) is 0. The van der Waals surface area contributed by atoms with Crippen LogP contribution in [0.3, 0.4) is 0 Å². The van der Waals surface area contributed by atoms with Crippen LogP contribution in [0.2, 0.25) is 0 Å². The van der Waals surface area contributed by atoms with Crippen molar-refractivity contribution in [2.24, 2.45) is 0 Å². The molecule has 0 bridgehead atoms. The third kappa shape index (κ3) is 4.25. The fraction of sp³-hybridized carbons (Fsp3) is 0.133. The van der Waals surface area contributed by atoms with E-state index in [1.54, 1.807) is 12.1 Å². The maximum atomic E-state index is 10.6. The summed E-state index contributed by atoms with van der Waals surface area (Å²) in [6.45, 7) is 2.10. The van der Waals surface area contributed by atoms with Crippen LogP contribution >= 0.6 is 12.2 Å². The molecule has 21 heavy (non-hydrogen) atoms. The van der Waals surface area contributed by atoms with E-state index in [0.29, 0.717) is 10.8 Å². The van der Waals surface area contributed by atoms with E-state index in [1.165, 1.54) is 17.7 Å². The molecule has 0 unspecified atom stereocenters. The van der Waals surface area contributed by atoms with Gasteiger partial charge < -0.3 is 10.6 Å². The van der Waals surface area contributed by atoms with Crippen molar-refractivity contribution >= 4 is 34.4 Å². The fourth-order valence-electron chi connectivity index (χ4n) is 1.78. The topological polar surface area (TPSA) is 67.2 Å². The number of aryl methyl sites for hydroxylation is 1. The average molecular weight is 301 g/mol. The quantitative estimate of drug-likeness (QED) is 0.508. The predicted molar refractivity (Wildman–Crippen MR) is 88.8 cm³/mol. The summed E-state index contributed by atoms with van der Waals surface area (Å²) in [5.41, 5.74) is 2.90. The Kier molecular flexibility index (Phi) is 4.84. The van der Waals surface area contributed by atoms with Crippen LogP contribution in [-0.4, -0.2) is 10.0 Å². The van der Waals surface area contributed by atoms with Crippen molar-refractivity contribution in [3.8, 4) is 0 Å². The second kappa shape index (κ2) is 6.81. The van der Waals surface area contributed by atoms with Gasteiger partial charge in [-0.3, -0.25) is 10.1 Å². The highest BCUT2D eigenvalue weighted by molar-refractivity contribution is 7.80. The Labute approximate surface area is 128 Å². The first-order valence-electron chi connectivity index (χ1n) is 6.50. The number of nitrogens with zero attached hydrogens (tertiary/aromatic N) is 1. The lowest BCUT2D eigenvalue weighted by molar-refractivity contribution is -0.384. The second-order valence-corrected chi connectivity index (χ2v) is 4.84. The van der Waals surface area contributed by atoms with E-state index in [-0.39, 0.29) is 5.69 Å². The van der Waals surface area contributed by atoms with E-state index in [4.69, 9.17) is 12.2 Å². The van der Waals surface area contributed by atoms with Crippen molar-refractivity contribution in [3.05, 3.63) is 64.2 Å². The molecule has 0 aliphatic carbocycles. The summed E-state index contributed by atoms with van der Waals surface area (Å²) in [7, 11) is 0. The highest BCUT2D eigenvalue weighted by Crippen LogP contribution is 2.16. The number of anilines is 2. The molecule has 0 heterocycles. The van der Waals surface area contributed by atoms with E-state index in [9.17, 15) is 10.1 Å². The summed E-state index contributed by atoms with van der Waals surface area (Å²) >= 11 is 5.21. The Balaban J connectivity index is 1.95. The minimum absolute atomic E-state index is 0.0505. The molecule has 0 amide bonds. The van der Waals surface area contributed by atoms with E-state index in [0.717, 1.165) is 12.1 Å². The van der Waals surface area contributed by atoms with Crippen molar-refractivity contribution in [2.45, 2.75) is 13.3 Å². The molecule has 0 spiro atoms. The molecule has 2 rings (SSSR count). The van der Waals surface area contributed by atoms with Gasteiger partial charge in [-0.05, 0) is 48.5 Å².